The number of halogens is 1. The van der Waals surface area contributed by atoms with Crippen molar-refractivity contribution in [3.63, 3.8) is 0 Å². The van der Waals surface area contributed by atoms with Crippen molar-refractivity contribution < 1.29 is 4.42 Å². The van der Waals surface area contributed by atoms with Gasteiger partial charge in [0.1, 0.15) is 11.3 Å². The van der Waals surface area contributed by atoms with Crippen molar-refractivity contribution in [2.75, 3.05) is 7.05 Å². The first-order chi connectivity index (χ1) is 9.78. The summed E-state index contributed by atoms with van der Waals surface area (Å²) in [6.45, 7) is 0. The van der Waals surface area contributed by atoms with Crippen molar-refractivity contribution in [2.24, 2.45) is 0 Å². The van der Waals surface area contributed by atoms with Gasteiger partial charge in [-0.25, -0.2) is 0 Å². The van der Waals surface area contributed by atoms with Gasteiger partial charge < -0.3 is 9.73 Å². The van der Waals surface area contributed by atoms with Crippen LogP contribution in [-0.2, 0) is 6.42 Å². The highest BCUT2D eigenvalue weighted by molar-refractivity contribution is 9.10. The number of nitrogens with one attached hydrogen (secondary N) is 1. The summed E-state index contributed by atoms with van der Waals surface area (Å²) in [6.07, 6.45) is 4.53. The fourth-order valence-corrected chi connectivity index (χ4v) is 2.78. The van der Waals surface area contributed by atoms with E-state index in [1.165, 1.54) is 5.56 Å². The van der Waals surface area contributed by atoms with Crippen LogP contribution in [0.25, 0.3) is 11.0 Å². The molecule has 102 valence electrons. The van der Waals surface area contributed by atoms with Crippen LogP contribution >= 0.6 is 15.9 Å². The van der Waals surface area contributed by atoms with Crippen LogP contribution in [0.2, 0.25) is 0 Å². The molecule has 1 unspecified atom stereocenters. The lowest BCUT2D eigenvalue weighted by Gasteiger charge is -2.13. The zero-order chi connectivity index (χ0) is 13.9. The first kappa shape index (κ1) is 13.3. The van der Waals surface area contributed by atoms with Crippen LogP contribution < -0.4 is 5.32 Å². The minimum absolute atomic E-state index is 0.137. The van der Waals surface area contributed by atoms with Gasteiger partial charge in [-0.3, -0.25) is 4.98 Å². The summed E-state index contributed by atoms with van der Waals surface area (Å²) >= 11 is 3.52. The largest absolute Gasteiger partial charge is 0.458 e. The highest BCUT2D eigenvalue weighted by Gasteiger charge is 2.16. The van der Waals surface area contributed by atoms with Crippen LogP contribution in [0.15, 0.2) is 57.7 Å². The van der Waals surface area contributed by atoms with Gasteiger partial charge >= 0.3 is 0 Å². The fourth-order valence-electron chi connectivity index (χ4n) is 2.32. The molecule has 0 fully saturated rings. The molecule has 3 aromatic rings. The second-order valence-electron chi connectivity index (χ2n) is 4.71. The first-order valence-electron chi connectivity index (χ1n) is 6.52. The quantitative estimate of drug-likeness (QED) is 0.782. The Labute approximate surface area is 126 Å². The summed E-state index contributed by atoms with van der Waals surface area (Å²) in [6, 6.07) is 12.3. The molecule has 4 heteroatoms. The van der Waals surface area contributed by atoms with E-state index in [2.05, 4.69) is 44.4 Å². The number of furan rings is 1. The number of hydrogen-bond donors (Lipinski definition) is 1. The first-order valence-corrected chi connectivity index (χ1v) is 7.31. The highest BCUT2D eigenvalue weighted by atomic mass is 79.9. The van der Waals surface area contributed by atoms with Crippen molar-refractivity contribution in [1.82, 2.24) is 10.3 Å². The summed E-state index contributed by atoms with van der Waals surface area (Å²) in [4.78, 5) is 4.16. The minimum Gasteiger partial charge on any atom is -0.458 e. The molecule has 1 aromatic carbocycles. The molecule has 20 heavy (non-hydrogen) atoms. The second-order valence-corrected chi connectivity index (χ2v) is 5.57. The fraction of sp³-hybridized carbons (Fsp3) is 0.188. The van der Waals surface area contributed by atoms with E-state index in [0.717, 1.165) is 27.6 Å². The molecule has 0 radical (unpaired) electrons. The Morgan fingerprint density at radius 2 is 2.20 bits per heavy atom. The molecule has 1 N–H and O–H groups in total. The molecule has 2 heterocycles. The maximum Gasteiger partial charge on any atom is 0.148 e. The van der Waals surface area contributed by atoms with E-state index in [1.807, 2.05) is 31.4 Å². The lowest BCUT2D eigenvalue weighted by atomic mass is 10.1. The van der Waals surface area contributed by atoms with E-state index in [4.69, 9.17) is 4.42 Å². The molecule has 2 aromatic heterocycles. The standard InChI is InChI=1S/C16H15BrN2O/c1-18-14(8-11-4-3-7-19-10-11)15-9-12-5-2-6-13(17)16(12)20-15/h2-7,9-10,14,18H,8H2,1H3. The Morgan fingerprint density at radius 3 is 2.90 bits per heavy atom. The van der Waals surface area contributed by atoms with Gasteiger partial charge in [-0.2, -0.15) is 0 Å². The van der Waals surface area contributed by atoms with Crippen molar-refractivity contribution in [3.05, 3.63) is 64.6 Å². The summed E-state index contributed by atoms with van der Waals surface area (Å²) in [7, 11) is 1.95. The number of hydrogen-bond acceptors (Lipinski definition) is 3. The number of likely N-dealkylation sites (N-methyl/N-ethyl adjacent to an activating group) is 1. The number of rotatable bonds is 4. The highest BCUT2D eigenvalue weighted by Crippen LogP contribution is 2.30. The van der Waals surface area contributed by atoms with Gasteiger partial charge in [0, 0.05) is 17.8 Å². The minimum atomic E-state index is 0.137. The Bertz CT molecular complexity index is 709. The van der Waals surface area contributed by atoms with E-state index in [1.54, 1.807) is 6.20 Å². The third-order valence-electron chi connectivity index (χ3n) is 3.37. The Balaban J connectivity index is 1.93. The molecule has 3 rings (SSSR count). The van der Waals surface area contributed by atoms with Gasteiger partial charge in [0.2, 0.25) is 0 Å². The number of fused-ring (bicyclic) bond motifs is 1. The Morgan fingerprint density at radius 1 is 1.30 bits per heavy atom. The molecule has 0 aliphatic heterocycles. The lowest BCUT2D eigenvalue weighted by Crippen LogP contribution is -2.18. The van der Waals surface area contributed by atoms with Crippen molar-refractivity contribution in [1.29, 1.82) is 0 Å². The van der Waals surface area contributed by atoms with Crippen molar-refractivity contribution in [3.8, 4) is 0 Å². The zero-order valence-corrected chi connectivity index (χ0v) is 12.7. The van der Waals surface area contributed by atoms with E-state index < -0.39 is 0 Å². The Hall–Kier alpha value is -1.65. The number of aromatic nitrogens is 1. The predicted molar refractivity (Wildman–Crippen MR) is 83.7 cm³/mol. The van der Waals surface area contributed by atoms with Crippen molar-refractivity contribution >= 4 is 26.9 Å². The average Bonchev–Trinajstić information content (AvgIpc) is 2.91. The molecule has 0 amide bonds. The summed E-state index contributed by atoms with van der Waals surface area (Å²) < 4.78 is 6.98. The molecule has 0 aliphatic rings. The topological polar surface area (TPSA) is 38.1 Å². The molecular formula is C16H15BrN2O. The van der Waals surface area contributed by atoms with Crippen LogP contribution in [0, 0.1) is 0 Å². The predicted octanol–water partition coefficient (Wildman–Crippen LogP) is 4.09. The van der Waals surface area contributed by atoms with E-state index in [0.29, 0.717) is 0 Å². The van der Waals surface area contributed by atoms with Crippen LogP contribution in [0.4, 0.5) is 0 Å². The second kappa shape index (κ2) is 5.77. The van der Waals surface area contributed by atoms with Crippen LogP contribution in [0.5, 0.6) is 0 Å². The Kier molecular flexibility index (Phi) is 3.85. The maximum atomic E-state index is 5.99. The maximum absolute atomic E-state index is 5.99. The smallest absolute Gasteiger partial charge is 0.148 e. The van der Waals surface area contributed by atoms with E-state index in [9.17, 15) is 0 Å². The van der Waals surface area contributed by atoms with Crippen molar-refractivity contribution in [2.45, 2.75) is 12.5 Å². The zero-order valence-electron chi connectivity index (χ0n) is 11.1. The summed E-state index contributed by atoms with van der Waals surface area (Å²) in [5.74, 6) is 0.943. The van der Waals surface area contributed by atoms with Gasteiger partial charge in [-0.05, 0) is 53.2 Å². The van der Waals surface area contributed by atoms with Crippen LogP contribution in [0.1, 0.15) is 17.4 Å². The number of pyridine rings is 1. The average molecular weight is 331 g/mol. The lowest BCUT2D eigenvalue weighted by molar-refractivity contribution is 0.450. The van der Waals surface area contributed by atoms with Gasteiger partial charge in [-0.1, -0.05) is 18.2 Å². The van der Waals surface area contributed by atoms with Gasteiger partial charge in [0.25, 0.3) is 0 Å². The van der Waals surface area contributed by atoms with Gasteiger partial charge in [0.15, 0.2) is 0 Å². The number of nitrogens with zero attached hydrogens (tertiary/aromatic N) is 1. The molecule has 0 bridgehead atoms. The third-order valence-corrected chi connectivity index (χ3v) is 3.99. The summed E-state index contributed by atoms with van der Waals surface area (Å²) in [5.41, 5.74) is 2.08. The van der Waals surface area contributed by atoms with Gasteiger partial charge in [-0.15, -0.1) is 0 Å². The molecule has 0 saturated carbocycles. The molecular weight excluding hydrogens is 316 g/mol. The molecule has 1 atom stereocenters. The van der Waals surface area contributed by atoms with Gasteiger partial charge in [0.05, 0.1) is 10.5 Å². The van der Waals surface area contributed by atoms with Crippen LogP contribution in [0.3, 0.4) is 0 Å². The monoisotopic (exact) mass is 330 g/mol. The number of benzene rings is 1. The molecule has 0 saturated heterocycles. The normalized spacial score (nSPS) is 12.7. The molecule has 3 nitrogen and oxygen atoms in total. The number of para-hydroxylation sites is 1. The molecule has 0 aliphatic carbocycles. The summed E-state index contributed by atoms with van der Waals surface area (Å²) in [5, 5.41) is 4.42. The van der Waals surface area contributed by atoms with Crippen LogP contribution in [-0.4, -0.2) is 12.0 Å². The molecule has 0 spiro atoms. The SMILES string of the molecule is CNC(Cc1cccnc1)c1cc2cccc(Br)c2o1. The van der Waals surface area contributed by atoms with E-state index in [-0.39, 0.29) is 6.04 Å². The van der Waals surface area contributed by atoms with E-state index >= 15 is 0 Å². The third kappa shape index (κ3) is 2.62.